The number of cyclic esters (lactones) is 1. The number of carbonyl (C=O) groups is 1. The zero-order valence-corrected chi connectivity index (χ0v) is 16.7. The lowest BCUT2D eigenvalue weighted by Crippen LogP contribution is -2.37. The van der Waals surface area contributed by atoms with Crippen molar-refractivity contribution in [1.82, 2.24) is 19.7 Å². The Hall–Kier alpha value is -3.42. The Kier molecular flexibility index (Phi) is 5.16. The Morgan fingerprint density at radius 1 is 1.17 bits per heavy atom. The van der Waals surface area contributed by atoms with Gasteiger partial charge in [-0.3, -0.25) is 4.90 Å². The number of nitrogens with one attached hydrogen (secondary N) is 1. The molecular formula is C21H24N6O2. The molecule has 2 aromatic heterocycles. The Labute approximate surface area is 169 Å². The minimum atomic E-state index is -0.370. The Bertz CT molecular complexity index is 988. The molecule has 0 spiro atoms. The van der Waals surface area contributed by atoms with Crippen LogP contribution in [0.3, 0.4) is 0 Å². The number of anilines is 2. The van der Waals surface area contributed by atoms with Gasteiger partial charge in [0.2, 0.25) is 5.95 Å². The van der Waals surface area contributed by atoms with E-state index in [1.54, 1.807) is 17.2 Å². The first kappa shape index (κ1) is 18.9. The largest absolute Gasteiger partial charge is 0.447 e. The van der Waals surface area contributed by atoms with Crippen LogP contribution in [0.5, 0.6) is 0 Å². The Balaban J connectivity index is 1.51. The second kappa shape index (κ2) is 7.90. The quantitative estimate of drug-likeness (QED) is 0.686. The van der Waals surface area contributed by atoms with Gasteiger partial charge < -0.3 is 10.1 Å². The van der Waals surface area contributed by atoms with E-state index in [4.69, 9.17) is 4.74 Å². The van der Waals surface area contributed by atoms with E-state index in [0.717, 1.165) is 11.3 Å². The molecule has 0 bridgehead atoms. The molecule has 4 rings (SSSR count). The lowest BCUT2D eigenvalue weighted by Gasteiger charge is -2.23. The van der Waals surface area contributed by atoms with Crippen molar-refractivity contribution in [3.8, 4) is 5.69 Å². The van der Waals surface area contributed by atoms with Crippen LogP contribution in [-0.2, 0) is 4.74 Å². The fourth-order valence-electron chi connectivity index (χ4n) is 3.30. The average Bonchev–Trinajstić information content (AvgIpc) is 3.36. The van der Waals surface area contributed by atoms with E-state index in [2.05, 4.69) is 34.2 Å². The van der Waals surface area contributed by atoms with E-state index in [0.29, 0.717) is 18.4 Å². The van der Waals surface area contributed by atoms with Gasteiger partial charge in [-0.1, -0.05) is 32.0 Å². The van der Waals surface area contributed by atoms with Crippen molar-refractivity contribution in [3.63, 3.8) is 0 Å². The van der Waals surface area contributed by atoms with Gasteiger partial charge in [0.25, 0.3) is 0 Å². The maximum absolute atomic E-state index is 12.2. The van der Waals surface area contributed by atoms with Crippen LogP contribution < -0.4 is 10.2 Å². The normalized spacial score (nSPS) is 17.4. The molecule has 8 heteroatoms. The number of ether oxygens (including phenoxy) is 1. The SMILES string of the molecule is CC(Nc1nccc(N2C(=O)OC[C@@H]2C(C)C)n1)c1cnn(-c2ccccc2)c1. The topological polar surface area (TPSA) is 85.2 Å². The van der Waals surface area contributed by atoms with Crippen LogP contribution in [0, 0.1) is 5.92 Å². The molecule has 29 heavy (non-hydrogen) atoms. The molecular weight excluding hydrogens is 368 g/mol. The molecule has 0 radical (unpaired) electrons. The van der Waals surface area contributed by atoms with E-state index in [1.807, 2.05) is 54.3 Å². The van der Waals surface area contributed by atoms with Crippen LogP contribution >= 0.6 is 0 Å². The molecule has 2 atom stereocenters. The lowest BCUT2D eigenvalue weighted by molar-refractivity contribution is 0.177. The third-order valence-corrected chi connectivity index (χ3v) is 5.03. The molecule has 1 aliphatic heterocycles. The summed E-state index contributed by atoms with van der Waals surface area (Å²) in [4.78, 5) is 22.7. The summed E-state index contributed by atoms with van der Waals surface area (Å²) in [6.07, 6.45) is 5.07. The highest BCUT2D eigenvalue weighted by molar-refractivity contribution is 5.89. The van der Waals surface area contributed by atoms with Crippen LogP contribution in [0.1, 0.15) is 32.4 Å². The number of amides is 1. The van der Waals surface area contributed by atoms with Crippen LogP contribution in [0.4, 0.5) is 16.6 Å². The van der Waals surface area contributed by atoms with Crippen molar-refractivity contribution >= 4 is 17.9 Å². The average molecular weight is 392 g/mol. The number of hydrogen-bond donors (Lipinski definition) is 1. The first-order valence-corrected chi connectivity index (χ1v) is 9.68. The van der Waals surface area contributed by atoms with Gasteiger partial charge in [0.15, 0.2) is 0 Å². The summed E-state index contributed by atoms with van der Waals surface area (Å²) >= 11 is 0. The summed E-state index contributed by atoms with van der Waals surface area (Å²) in [5.41, 5.74) is 2.00. The zero-order chi connectivity index (χ0) is 20.4. The molecule has 150 valence electrons. The summed E-state index contributed by atoms with van der Waals surface area (Å²) in [7, 11) is 0. The van der Waals surface area contributed by atoms with Crippen molar-refractivity contribution in [2.75, 3.05) is 16.8 Å². The lowest BCUT2D eigenvalue weighted by atomic mass is 10.0. The summed E-state index contributed by atoms with van der Waals surface area (Å²) in [6.45, 7) is 6.51. The molecule has 1 aromatic carbocycles. The van der Waals surface area contributed by atoms with Crippen molar-refractivity contribution < 1.29 is 9.53 Å². The Morgan fingerprint density at radius 3 is 2.72 bits per heavy atom. The van der Waals surface area contributed by atoms with Crippen LogP contribution in [0.25, 0.3) is 5.69 Å². The van der Waals surface area contributed by atoms with Gasteiger partial charge in [0.1, 0.15) is 12.4 Å². The fourth-order valence-corrected chi connectivity index (χ4v) is 3.30. The number of nitrogens with zero attached hydrogens (tertiary/aromatic N) is 5. The highest BCUT2D eigenvalue weighted by atomic mass is 16.6. The molecule has 1 aliphatic rings. The van der Waals surface area contributed by atoms with Crippen LogP contribution in [0.2, 0.25) is 0 Å². The van der Waals surface area contributed by atoms with E-state index >= 15 is 0 Å². The van der Waals surface area contributed by atoms with Crippen molar-refractivity contribution in [3.05, 3.63) is 60.6 Å². The molecule has 1 unspecified atom stereocenters. The third-order valence-electron chi connectivity index (χ3n) is 5.03. The van der Waals surface area contributed by atoms with Crippen molar-refractivity contribution in [2.45, 2.75) is 32.9 Å². The fraction of sp³-hybridized carbons (Fsp3) is 0.333. The minimum Gasteiger partial charge on any atom is -0.447 e. The van der Waals surface area contributed by atoms with Gasteiger partial charge in [-0.15, -0.1) is 0 Å². The highest BCUT2D eigenvalue weighted by Crippen LogP contribution is 2.26. The summed E-state index contributed by atoms with van der Waals surface area (Å²) in [6, 6.07) is 11.6. The maximum atomic E-state index is 12.2. The Morgan fingerprint density at radius 2 is 1.97 bits per heavy atom. The maximum Gasteiger partial charge on any atom is 0.415 e. The first-order valence-electron chi connectivity index (χ1n) is 9.68. The smallest absolute Gasteiger partial charge is 0.415 e. The van der Waals surface area contributed by atoms with Gasteiger partial charge in [-0.2, -0.15) is 10.1 Å². The van der Waals surface area contributed by atoms with Gasteiger partial charge in [0.05, 0.1) is 24.0 Å². The first-order chi connectivity index (χ1) is 14.0. The number of para-hydroxylation sites is 1. The molecule has 1 N–H and O–H groups in total. The zero-order valence-electron chi connectivity index (χ0n) is 16.7. The highest BCUT2D eigenvalue weighted by Gasteiger charge is 2.37. The predicted octanol–water partition coefficient (Wildman–Crippen LogP) is 3.82. The number of benzene rings is 1. The van der Waals surface area contributed by atoms with E-state index in [9.17, 15) is 4.79 Å². The van der Waals surface area contributed by atoms with Crippen LogP contribution in [-0.4, -0.2) is 38.5 Å². The van der Waals surface area contributed by atoms with Crippen LogP contribution in [0.15, 0.2) is 55.0 Å². The third kappa shape index (κ3) is 3.91. The van der Waals surface area contributed by atoms with Crippen molar-refractivity contribution in [2.24, 2.45) is 5.92 Å². The van der Waals surface area contributed by atoms with E-state index in [-0.39, 0.29) is 24.1 Å². The number of aromatic nitrogens is 4. The van der Waals surface area contributed by atoms with E-state index in [1.165, 1.54) is 0 Å². The molecule has 1 amide bonds. The summed E-state index contributed by atoms with van der Waals surface area (Å²) in [5.74, 6) is 1.25. The molecule has 1 fully saturated rings. The molecule has 8 nitrogen and oxygen atoms in total. The molecule has 0 aliphatic carbocycles. The minimum absolute atomic E-state index is 0.0354. The van der Waals surface area contributed by atoms with Crippen molar-refractivity contribution in [1.29, 1.82) is 0 Å². The standard InChI is InChI=1S/C21H24N6O2/c1-14(2)18-13-29-21(28)27(18)19-9-10-22-20(25-19)24-15(3)16-11-23-26(12-16)17-7-5-4-6-8-17/h4-12,14-15,18H,13H2,1-3H3,(H,22,24,25)/t15?,18-/m1/s1. The molecule has 0 saturated carbocycles. The summed E-state index contributed by atoms with van der Waals surface area (Å²) < 4.78 is 7.06. The second-order valence-electron chi connectivity index (χ2n) is 7.42. The van der Waals surface area contributed by atoms with Gasteiger partial charge in [0, 0.05) is 18.0 Å². The molecule has 3 heterocycles. The molecule has 3 aromatic rings. The van der Waals surface area contributed by atoms with Gasteiger partial charge in [-0.25, -0.2) is 14.5 Å². The number of hydrogen-bond acceptors (Lipinski definition) is 6. The van der Waals surface area contributed by atoms with E-state index < -0.39 is 0 Å². The molecule has 1 saturated heterocycles. The van der Waals surface area contributed by atoms with Gasteiger partial charge in [-0.05, 0) is 31.0 Å². The monoisotopic (exact) mass is 392 g/mol. The number of rotatable bonds is 6. The van der Waals surface area contributed by atoms with Gasteiger partial charge >= 0.3 is 6.09 Å². The number of carbonyl (C=O) groups excluding carboxylic acids is 1. The predicted molar refractivity (Wildman–Crippen MR) is 110 cm³/mol. The summed E-state index contributed by atoms with van der Waals surface area (Å²) in [5, 5.41) is 7.73. The second-order valence-corrected chi connectivity index (χ2v) is 7.42.